The third-order valence-corrected chi connectivity index (χ3v) is 5.13. The molecule has 0 radical (unpaired) electrons. The average molecular weight is 294 g/mol. The molecule has 1 N–H and O–H groups in total. The SMILES string of the molecule is C#CCN(CC)S(=O)(=O)c1cc(CNC)ccc1CC. The van der Waals surface area contributed by atoms with Gasteiger partial charge in [0.1, 0.15) is 0 Å². The quantitative estimate of drug-likeness (QED) is 0.777. The molecule has 0 heterocycles. The zero-order valence-corrected chi connectivity index (χ0v) is 13.1. The number of sulfonamides is 1. The second kappa shape index (κ2) is 7.44. The van der Waals surface area contributed by atoms with Crippen LogP contribution in [0.5, 0.6) is 0 Å². The Bertz CT molecular complexity index is 588. The van der Waals surface area contributed by atoms with Gasteiger partial charge in [-0.05, 0) is 30.7 Å². The number of terminal acetylenes is 1. The molecule has 20 heavy (non-hydrogen) atoms. The van der Waals surface area contributed by atoms with Crippen molar-refractivity contribution >= 4 is 10.0 Å². The molecule has 0 amide bonds. The summed E-state index contributed by atoms with van der Waals surface area (Å²) in [6.45, 7) is 4.83. The predicted molar refractivity (Wildman–Crippen MR) is 81.8 cm³/mol. The Kier molecular flexibility index (Phi) is 6.21. The van der Waals surface area contributed by atoms with Crippen LogP contribution in [-0.4, -0.2) is 32.9 Å². The Balaban J connectivity index is 3.34. The fourth-order valence-corrected chi connectivity index (χ4v) is 3.76. The van der Waals surface area contributed by atoms with Gasteiger partial charge in [-0.3, -0.25) is 0 Å². The van der Waals surface area contributed by atoms with Crippen molar-refractivity contribution in [2.75, 3.05) is 20.1 Å². The van der Waals surface area contributed by atoms with Gasteiger partial charge in [-0.1, -0.05) is 31.9 Å². The number of aryl methyl sites for hydroxylation is 1. The van der Waals surface area contributed by atoms with E-state index in [1.807, 2.05) is 26.1 Å². The van der Waals surface area contributed by atoms with Gasteiger partial charge in [-0.25, -0.2) is 8.42 Å². The maximum absolute atomic E-state index is 12.7. The molecule has 0 atom stereocenters. The van der Waals surface area contributed by atoms with Gasteiger partial charge in [0, 0.05) is 13.1 Å². The van der Waals surface area contributed by atoms with Crippen molar-refractivity contribution in [3.05, 3.63) is 29.3 Å². The molecule has 0 aliphatic heterocycles. The molecule has 0 saturated carbocycles. The molecule has 0 aromatic heterocycles. The van der Waals surface area contributed by atoms with E-state index in [9.17, 15) is 8.42 Å². The smallest absolute Gasteiger partial charge is 0.244 e. The zero-order chi connectivity index (χ0) is 15.2. The van der Waals surface area contributed by atoms with Gasteiger partial charge in [0.05, 0.1) is 11.4 Å². The first-order valence-corrected chi connectivity index (χ1v) is 8.15. The zero-order valence-electron chi connectivity index (χ0n) is 12.3. The largest absolute Gasteiger partial charge is 0.316 e. The molecule has 0 unspecified atom stereocenters. The highest BCUT2D eigenvalue weighted by Crippen LogP contribution is 2.22. The van der Waals surface area contributed by atoms with Crippen LogP contribution in [0.3, 0.4) is 0 Å². The molecule has 110 valence electrons. The minimum Gasteiger partial charge on any atom is -0.316 e. The third kappa shape index (κ3) is 3.60. The highest BCUT2D eigenvalue weighted by Gasteiger charge is 2.25. The van der Waals surface area contributed by atoms with Gasteiger partial charge >= 0.3 is 0 Å². The highest BCUT2D eigenvalue weighted by molar-refractivity contribution is 7.89. The lowest BCUT2D eigenvalue weighted by Gasteiger charge is -2.20. The molecule has 4 nitrogen and oxygen atoms in total. The molecule has 0 aliphatic rings. The van der Waals surface area contributed by atoms with Gasteiger partial charge in [0.15, 0.2) is 0 Å². The van der Waals surface area contributed by atoms with Crippen LogP contribution in [-0.2, 0) is 23.0 Å². The average Bonchev–Trinajstić information content (AvgIpc) is 2.44. The molecule has 0 spiro atoms. The normalized spacial score (nSPS) is 11.6. The standard InChI is InChI=1S/C15H22N2O2S/c1-5-10-17(7-3)20(18,19)15-11-13(12-16-4)8-9-14(15)6-2/h1,8-9,11,16H,6-7,10,12H2,2-4H3. The Morgan fingerprint density at radius 1 is 1.35 bits per heavy atom. The lowest BCUT2D eigenvalue weighted by atomic mass is 10.1. The van der Waals surface area contributed by atoms with E-state index in [4.69, 9.17) is 6.42 Å². The predicted octanol–water partition coefficient (Wildman–Crippen LogP) is 1.61. The van der Waals surface area contributed by atoms with Crippen molar-refractivity contribution in [2.24, 2.45) is 0 Å². The Labute approximate surface area is 122 Å². The van der Waals surface area contributed by atoms with Crippen LogP contribution in [0.2, 0.25) is 0 Å². The van der Waals surface area contributed by atoms with E-state index < -0.39 is 10.0 Å². The minimum atomic E-state index is -3.53. The van der Waals surface area contributed by atoms with E-state index in [1.165, 1.54) is 4.31 Å². The van der Waals surface area contributed by atoms with E-state index in [2.05, 4.69) is 11.2 Å². The van der Waals surface area contributed by atoms with Gasteiger partial charge < -0.3 is 5.32 Å². The van der Waals surface area contributed by atoms with Crippen LogP contribution < -0.4 is 5.32 Å². The highest BCUT2D eigenvalue weighted by atomic mass is 32.2. The molecule has 0 aliphatic carbocycles. The second-order valence-electron chi connectivity index (χ2n) is 4.46. The first-order chi connectivity index (χ1) is 9.51. The maximum atomic E-state index is 12.7. The lowest BCUT2D eigenvalue weighted by molar-refractivity contribution is 0.463. The van der Waals surface area contributed by atoms with Crippen molar-refractivity contribution in [3.8, 4) is 12.3 Å². The fraction of sp³-hybridized carbons (Fsp3) is 0.467. The second-order valence-corrected chi connectivity index (χ2v) is 6.37. The van der Waals surface area contributed by atoms with Gasteiger partial charge in [0.2, 0.25) is 10.0 Å². The van der Waals surface area contributed by atoms with Crippen LogP contribution in [0.15, 0.2) is 23.1 Å². The Morgan fingerprint density at radius 2 is 2.05 bits per heavy atom. The van der Waals surface area contributed by atoms with E-state index in [-0.39, 0.29) is 6.54 Å². The van der Waals surface area contributed by atoms with Crippen molar-refractivity contribution in [2.45, 2.75) is 31.7 Å². The summed E-state index contributed by atoms with van der Waals surface area (Å²) in [5, 5.41) is 3.03. The monoisotopic (exact) mass is 294 g/mol. The molecule has 5 heteroatoms. The van der Waals surface area contributed by atoms with E-state index >= 15 is 0 Å². The van der Waals surface area contributed by atoms with Crippen LogP contribution in [0.1, 0.15) is 25.0 Å². The summed E-state index contributed by atoms with van der Waals surface area (Å²) in [7, 11) is -1.70. The van der Waals surface area contributed by atoms with E-state index in [0.29, 0.717) is 24.4 Å². The van der Waals surface area contributed by atoms with Gasteiger partial charge in [-0.15, -0.1) is 6.42 Å². The van der Waals surface area contributed by atoms with Crippen molar-refractivity contribution < 1.29 is 8.42 Å². The Hall–Kier alpha value is -1.35. The van der Waals surface area contributed by atoms with Crippen LogP contribution in [0, 0.1) is 12.3 Å². The lowest BCUT2D eigenvalue weighted by Crippen LogP contribution is -2.32. The summed E-state index contributed by atoms with van der Waals surface area (Å²) in [4.78, 5) is 0.366. The third-order valence-electron chi connectivity index (χ3n) is 3.13. The summed E-state index contributed by atoms with van der Waals surface area (Å²) in [5.74, 6) is 2.41. The van der Waals surface area contributed by atoms with Crippen LogP contribution in [0.25, 0.3) is 0 Å². The number of hydrogen-bond acceptors (Lipinski definition) is 3. The van der Waals surface area contributed by atoms with Crippen molar-refractivity contribution in [1.82, 2.24) is 9.62 Å². The summed E-state index contributed by atoms with van der Waals surface area (Å²) >= 11 is 0. The number of nitrogens with one attached hydrogen (secondary N) is 1. The summed E-state index contributed by atoms with van der Waals surface area (Å²) < 4.78 is 26.7. The fourth-order valence-electron chi connectivity index (χ4n) is 2.05. The van der Waals surface area contributed by atoms with Crippen molar-refractivity contribution in [3.63, 3.8) is 0 Å². The minimum absolute atomic E-state index is 0.0955. The van der Waals surface area contributed by atoms with Gasteiger partial charge in [-0.2, -0.15) is 4.31 Å². The summed E-state index contributed by atoms with van der Waals surface area (Å²) in [6.07, 6.45) is 5.93. The summed E-state index contributed by atoms with van der Waals surface area (Å²) in [6, 6.07) is 5.57. The van der Waals surface area contributed by atoms with E-state index in [1.54, 1.807) is 13.0 Å². The molecule has 0 saturated heterocycles. The molecule has 1 aromatic rings. The number of benzene rings is 1. The number of rotatable bonds is 7. The maximum Gasteiger partial charge on any atom is 0.244 e. The first kappa shape index (κ1) is 16.7. The van der Waals surface area contributed by atoms with Gasteiger partial charge in [0.25, 0.3) is 0 Å². The number of nitrogens with zero attached hydrogens (tertiary/aromatic N) is 1. The van der Waals surface area contributed by atoms with Crippen molar-refractivity contribution in [1.29, 1.82) is 0 Å². The van der Waals surface area contributed by atoms with E-state index in [0.717, 1.165) is 11.1 Å². The molecule has 1 aromatic carbocycles. The van der Waals surface area contributed by atoms with Crippen LogP contribution >= 0.6 is 0 Å². The first-order valence-electron chi connectivity index (χ1n) is 6.71. The molecule has 1 rings (SSSR count). The molecular formula is C15H22N2O2S. The molecule has 0 fully saturated rings. The van der Waals surface area contributed by atoms with Crippen LogP contribution in [0.4, 0.5) is 0 Å². The summed E-state index contributed by atoms with van der Waals surface area (Å²) in [5.41, 5.74) is 1.76. The number of hydrogen-bond donors (Lipinski definition) is 1. The topological polar surface area (TPSA) is 49.4 Å². The molecular weight excluding hydrogens is 272 g/mol. The Morgan fingerprint density at radius 3 is 2.55 bits per heavy atom. The molecule has 0 bridgehead atoms.